The molecule has 0 saturated heterocycles. The maximum absolute atomic E-state index is 5.57. The highest BCUT2D eigenvalue weighted by atomic mass is 16.5. The fourth-order valence-electron chi connectivity index (χ4n) is 1.83. The van der Waals surface area contributed by atoms with E-state index in [1.807, 2.05) is 6.92 Å². The molecule has 0 aliphatic heterocycles. The van der Waals surface area contributed by atoms with Gasteiger partial charge in [0.05, 0.1) is 0 Å². The molecular formula is C14H24N2O. The summed E-state index contributed by atoms with van der Waals surface area (Å²) >= 11 is 0. The molecule has 1 rings (SSSR count). The Kier molecular flexibility index (Phi) is 6.19. The van der Waals surface area contributed by atoms with Gasteiger partial charge in [0.2, 0.25) is 0 Å². The predicted molar refractivity (Wildman–Crippen MR) is 71.8 cm³/mol. The first-order valence-electron chi connectivity index (χ1n) is 6.27. The SMILES string of the molecule is CCOCCC(Cc1ccc(C)c(C)c1)NN. The molecule has 0 saturated carbocycles. The Morgan fingerprint density at radius 2 is 2.06 bits per heavy atom. The van der Waals surface area contributed by atoms with Gasteiger partial charge in [-0.05, 0) is 50.3 Å². The first kappa shape index (κ1) is 14.2. The fraction of sp³-hybridized carbons (Fsp3) is 0.571. The van der Waals surface area contributed by atoms with E-state index in [1.165, 1.54) is 16.7 Å². The predicted octanol–water partition coefficient (Wildman–Crippen LogP) is 2.10. The van der Waals surface area contributed by atoms with Gasteiger partial charge in [0.1, 0.15) is 0 Å². The van der Waals surface area contributed by atoms with E-state index in [4.69, 9.17) is 10.6 Å². The maximum Gasteiger partial charge on any atom is 0.0481 e. The van der Waals surface area contributed by atoms with E-state index < -0.39 is 0 Å². The molecule has 1 atom stereocenters. The Hall–Kier alpha value is -0.900. The van der Waals surface area contributed by atoms with Crippen LogP contribution in [0.1, 0.15) is 30.0 Å². The zero-order valence-electron chi connectivity index (χ0n) is 11.1. The summed E-state index contributed by atoms with van der Waals surface area (Å²) < 4.78 is 5.35. The van der Waals surface area contributed by atoms with Crippen LogP contribution in [0.4, 0.5) is 0 Å². The Morgan fingerprint density at radius 1 is 1.29 bits per heavy atom. The molecular weight excluding hydrogens is 212 g/mol. The van der Waals surface area contributed by atoms with E-state index in [1.54, 1.807) is 0 Å². The largest absolute Gasteiger partial charge is 0.382 e. The molecule has 17 heavy (non-hydrogen) atoms. The third-order valence-electron chi connectivity index (χ3n) is 3.10. The molecule has 1 unspecified atom stereocenters. The number of hydrogen-bond donors (Lipinski definition) is 2. The molecule has 1 aromatic rings. The molecule has 0 aliphatic carbocycles. The van der Waals surface area contributed by atoms with Crippen molar-refractivity contribution in [2.24, 2.45) is 5.84 Å². The minimum atomic E-state index is 0.281. The van der Waals surface area contributed by atoms with Crippen LogP contribution in [-0.2, 0) is 11.2 Å². The van der Waals surface area contributed by atoms with Crippen molar-refractivity contribution in [3.63, 3.8) is 0 Å². The number of hydrazine groups is 1. The standard InChI is InChI=1S/C14H24N2O/c1-4-17-8-7-14(16-15)10-13-6-5-11(2)12(3)9-13/h5-6,9,14,16H,4,7-8,10,15H2,1-3H3. The highest BCUT2D eigenvalue weighted by Crippen LogP contribution is 2.12. The van der Waals surface area contributed by atoms with Crippen LogP contribution in [-0.4, -0.2) is 19.3 Å². The van der Waals surface area contributed by atoms with Crippen molar-refractivity contribution in [3.05, 3.63) is 34.9 Å². The summed E-state index contributed by atoms with van der Waals surface area (Å²) in [6.45, 7) is 7.81. The molecule has 0 radical (unpaired) electrons. The quantitative estimate of drug-likeness (QED) is 0.433. The lowest BCUT2D eigenvalue weighted by molar-refractivity contribution is 0.136. The number of ether oxygens (including phenoxy) is 1. The lowest BCUT2D eigenvalue weighted by Gasteiger charge is -2.16. The average molecular weight is 236 g/mol. The van der Waals surface area contributed by atoms with Gasteiger partial charge >= 0.3 is 0 Å². The van der Waals surface area contributed by atoms with Gasteiger partial charge in [-0.3, -0.25) is 11.3 Å². The highest BCUT2D eigenvalue weighted by molar-refractivity contribution is 5.30. The van der Waals surface area contributed by atoms with Gasteiger partial charge in [-0.25, -0.2) is 0 Å². The van der Waals surface area contributed by atoms with Crippen molar-refractivity contribution in [2.45, 2.75) is 39.7 Å². The molecule has 1 aromatic carbocycles. The van der Waals surface area contributed by atoms with Crippen molar-refractivity contribution in [1.29, 1.82) is 0 Å². The topological polar surface area (TPSA) is 47.3 Å². The Labute approximate surface area is 104 Å². The van der Waals surface area contributed by atoms with Crippen molar-refractivity contribution >= 4 is 0 Å². The number of rotatable bonds is 7. The number of hydrogen-bond acceptors (Lipinski definition) is 3. The van der Waals surface area contributed by atoms with Crippen LogP contribution in [0.25, 0.3) is 0 Å². The minimum Gasteiger partial charge on any atom is -0.382 e. The van der Waals surface area contributed by atoms with Crippen LogP contribution in [0.2, 0.25) is 0 Å². The molecule has 3 nitrogen and oxygen atoms in total. The first-order valence-corrected chi connectivity index (χ1v) is 6.27. The van der Waals surface area contributed by atoms with Crippen LogP contribution < -0.4 is 11.3 Å². The van der Waals surface area contributed by atoms with Crippen LogP contribution in [0.5, 0.6) is 0 Å². The molecule has 0 aliphatic rings. The Morgan fingerprint density at radius 3 is 2.65 bits per heavy atom. The van der Waals surface area contributed by atoms with Crippen molar-refractivity contribution < 1.29 is 4.74 Å². The molecule has 0 bridgehead atoms. The molecule has 0 aromatic heterocycles. The van der Waals surface area contributed by atoms with E-state index >= 15 is 0 Å². The summed E-state index contributed by atoms with van der Waals surface area (Å²) in [4.78, 5) is 0. The van der Waals surface area contributed by atoms with E-state index in [9.17, 15) is 0 Å². The molecule has 3 N–H and O–H groups in total. The summed E-state index contributed by atoms with van der Waals surface area (Å²) in [5.41, 5.74) is 6.86. The Balaban J connectivity index is 2.51. The smallest absolute Gasteiger partial charge is 0.0481 e. The second-order valence-electron chi connectivity index (χ2n) is 4.47. The minimum absolute atomic E-state index is 0.281. The van der Waals surface area contributed by atoms with Crippen LogP contribution >= 0.6 is 0 Å². The van der Waals surface area contributed by atoms with Crippen LogP contribution in [0.15, 0.2) is 18.2 Å². The number of benzene rings is 1. The Bertz CT molecular complexity index is 339. The van der Waals surface area contributed by atoms with Gasteiger partial charge in [0.15, 0.2) is 0 Å². The lowest BCUT2D eigenvalue weighted by atomic mass is 10.00. The van der Waals surface area contributed by atoms with Gasteiger partial charge in [0, 0.05) is 19.3 Å². The zero-order chi connectivity index (χ0) is 12.7. The average Bonchev–Trinajstić information content (AvgIpc) is 2.32. The third kappa shape index (κ3) is 4.86. The second-order valence-corrected chi connectivity index (χ2v) is 4.47. The number of nitrogens with two attached hydrogens (primary N) is 1. The maximum atomic E-state index is 5.57. The van der Waals surface area contributed by atoms with E-state index in [-0.39, 0.29) is 6.04 Å². The first-order chi connectivity index (χ1) is 8.17. The second kappa shape index (κ2) is 7.43. The summed E-state index contributed by atoms with van der Waals surface area (Å²) in [6, 6.07) is 6.86. The lowest BCUT2D eigenvalue weighted by Crippen LogP contribution is -2.37. The molecule has 0 amide bonds. The molecule has 0 heterocycles. The van der Waals surface area contributed by atoms with Crippen LogP contribution in [0.3, 0.4) is 0 Å². The molecule has 0 fully saturated rings. The zero-order valence-corrected chi connectivity index (χ0v) is 11.1. The van der Waals surface area contributed by atoms with Crippen molar-refractivity contribution in [2.75, 3.05) is 13.2 Å². The van der Waals surface area contributed by atoms with Gasteiger partial charge in [0.25, 0.3) is 0 Å². The van der Waals surface area contributed by atoms with Crippen molar-refractivity contribution in [1.82, 2.24) is 5.43 Å². The summed E-state index contributed by atoms with van der Waals surface area (Å²) in [5.74, 6) is 5.57. The molecule has 0 spiro atoms. The van der Waals surface area contributed by atoms with Crippen LogP contribution in [0, 0.1) is 13.8 Å². The third-order valence-corrected chi connectivity index (χ3v) is 3.10. The fourth-order valence-corrected chi connectivity index (χ4v) is 1.83. The molecule has 3 heteroatoms. The number of aryl methyl sites for hydroxylation is 2. The van der Waals surface area contributed by atoms with Gasteiger partial charge in [-0.2, -0.15) is 0 Å². The summed E-state index contributed by atoms with van der Waals surface area (Å²) in [7, 11) is 0. The highest BCUT2D eigenvalue weighted by Gasteiger charge is 2.08. The molecule has 96 valence electrons. The normalized spacial score (nSPS) is 12.7. The van der Waals surface area contributed by atoms with E-state index in [2.05, 4.69) is 37.5 Å². The van der Waals surface area contributed by atoms with E-state index in [0.717, 1.165) is 26.1 Å². The monoisotopic (exact) mass is 236 g/mol. The van der Waals surface area contributed by atoms with E-state index in [0.29, 0.717) is 0 Å². The number of nitrogens with one attached hydrogen (secondary N) is 1. The van der Waals surface area contributed by atoms with Crippen molar-refractivity contribution in [3.8, 4) is 0 Å². The van der Waals surface area contributed by atoms with Gasteiger partial charge in [-0.1, -0.05) is 18.2 Å². The summed E-state index contributed by atoms with van der Waals surface area (Å²) in [5, 5.41) is 0. The van der Waals surface area contributed by atoms with Gasteiger partial charge < -0.3 is 4.74 Å². The van der Waals surface area contributed by atoms with Gasteiger partial charge in [-0.15, -0.1) is 0 Å². The summed E-state index contributed by atoms with van der Waals surface area (Å²) in [6.07, 6.45) is 1.89.